The number of fused-ring (bicyclic) bond motifs is 7. The Kier molecular flexibility index (Phi) is 4.99. The third-order valence-electron chi connectivity index (χ3n) is 13.0. The molecule has 0 bridgehead atoms. The molecule has 9 atom stereocenters. The topological polar surface area (TPSA) is 54.4 Å². The number of allylic oxidation sites excluding steroid dienone is 2. The summed E-state index contributed by atoms with van der Waals surface area (Å²) in [5, 5.41) is 10.4. The Hall–Kier alpha value is -1.12. The maximum atomic E-state index is 12.9. The van der Waals surface area contributed by atoms with Crippen molar-refractivity contribution in [2.24, 2.45) is 56.7 Å². The molecular formula is C30H46O3. The average molecular weight is 455 g/mol. The van der Waals surface area contributed by atoms with Gasteiger partial charge in [0.15, 0.2) is 0 Å². The number of hydrogen-bond acceptors (Lipinski definition) is 2. The molecule has 0 radical (unpaired) electrons. The lowest BCUT2D eigenvalue weighted by Crippen LogP contribution is -2.64. The van der Waals surface area contributed by atoms with E-state index in [1.54, 1.807) is 0 Å². The molecule has 3 heteroatoms. The van der Waals surface area contributed by atoms with Gasteiger partial charge in [0.1, 0.15) is 5.78 Å². The van der Waals surface area contributed by atoms with E-state index in [0.29, 0.717) is 17.6 Å². The van der Waals surface area contributed by atoms with E-state index in [4.69, 9.17) is 0 Å². The fourth-order valence-corrected chi connectivity index (χ4v) is 10.7. The van der Waals surface area contributed by atoms with Crippen LogP contribution in [0.5, 0.6) is 0 Å². The van der Waals surface area contributed by atoms with Crippen LogP contribution in [0.3, 0.4) is 0 Å². The molecule has 5 rings (SSSR count). The van der Waals surface area contributed by atoms with Gasteiger partial charge in [0.2, 0.25) is 0 Å². The fraction of sp³-hybridized carbons (Fsp3) is 0.867. The minimum absolute atomic E-state index is 0.0600. The second-order valence-corrected chi connectivity index (χ2v) is 14.5. The number of hydrogen-bond donors (Lipinski definition) is 1. The molecule has 9 unspecified atom stereocenters. The first-order chi connectivity index (χ1) is 15.2. The Morgan fingerprint density at radius 1 is 0.939 bits per heavy atom. The van der Waals surface area contributed by atoms with Gasteiger partial charge in [0.05, 0.1) is 5.92 Å². The molecule has 3 nitrogen and oxygen atoms in total. The molecule has 0 saturated heterocycles. The van der Waals surface area contributed by atoms with E-state index >= 15 is 0 Å². The van der Waals surface area contributed by atoms with E-state index in [9.17, 15) is 14.7 Å². The molecule has 4 fully saturated rings. The zero-order valence-electron chi connectivity index (χ0n) is 22.1. The largest absolute Gasteiger partial charge is 0.481 e. The maximum Gasteiger partial charge on any atom is 0.307 e. The summed E-state index contributed by atoms with van der Waals surface area (Å²) >= 11 is 0. The molecule has 0 spiro atoms. The normalized spacial score (nSPS) is 53.1. The summed E-state index contributed by atoms with van der Waals surface area (Å²) in [6.45, 7) is 16.5. The van der Waals surface area contributed by atoms with Crippen molar-refractivity contribution in [3.8, 4) is 0 Å². The van der Waals surface area contributed by atoms with Crippen LogP contribution in [0.25, 0.3) is 0 Å². The van der Waals surface area contributed by atoms with E-state index in [0.717, 1.165) is 44.9 Å². The zero-order valence-corrected chi connectivity index (χ0v) is 22.1. The average Bonchev–Trinajstić information content (AvgIpc) is 2.72. The van der Waals surface area contributed by atoms with E-state index in [1.807, 2.05) is 0 Å². The van der Waals surface area contributed by atoms with Crippen LogP contribution in [0.2, 0.25) is 0 Å². The van der Waals surface area contributed by atoms with Crippen molar-refractivity contribution in [3.63, 3.8) is 0 Å². The SMILES string of the molecule is CC1CCC2(C)CCC3(C)C(=CCC4C5(C)CCC(=O)C(C)(C)C5CCC43C)C2C1C(=O)O. The first-order valence-corrected chi connectivity index (χ1v) is 13.7. The molecule has 0 heterocycles. The third kappa shape index (κ3) is 2.80. The van der Waals surface area contributed by atoms with Crippen LogP contribution in [0, 0.1) is 56.7 Å². The van der Waals surface area contributed by atoms with Gasteiger partial charge in [0.25, 0.3) is 0 Å². The van der Waals surface area contributed by atoms with Crippen molar-refractivity contribution in [1.29, 1.82) is 0 Å². The molecule has 184 valence electrons. The van der Waals surface area contributed by atoms with Crippen LogP contribution < -0.4 is 0 Å². The number of carbonyl (C=O) groups excluding carboxylic acids is 1. The lowest BCUT2D eigenvalue weighted by atomic mass is 9.33. The second kappa shape index (κ2) is 6.97. The first kappa shape index (κ1) is 23.6. The summed E-state index contributed by atoms with van der Waals surface area (Å²) in [4.78, 5) is 25.5. The molecule has 0 aromatic carbocycles. The highest BCUT2D eigenvalue weighted by molar-refractivity contribution is 5.85. The highest BCUT2D eigenvalue weighted by atomic mass is 16.4. The third-order valence-corrected chi connectivity index (χ3v) is 13.0. The highest BCUT2D eigenvalue weighted by Gasteiger charge is 2.68. The second-order valence-electron chi connectivity index (χ2n) is 14.5. The van der Waals surface area contributed by atoms with Gasteiger partial charge in [-0.15, -0.1) is 0 Å². The monoisotopic (exact) mass is 454 g/mol. The molecule has 5 aliphatic rings. The molecule has 4 saturated carbocycles. The van der Waals surface area contributed by atoms with Gasteiger partial charge >= 0.3 is 5.97 Å². The van der Waals surface area contributed by atoms with Gasteiger partial charge in [-0.2, -0.15) is 0 Å². The molecule has 5 aliphatic carbocycles. The Bertz CT molecular complexity index is 916. The van der Waals surface area contributed by atoms with Crippen LogP contribution in [-0.4, -0.2) is 16.9 Å². The molecule has 0 aliphatic heterocycles. The quantitative estimate of drug-likeness (QED) is 0.423. The Morgan fingerprint density at radius 2 is 1.64 bits per heavy atom. The Morgan fingerprint density at radius 3 is 2.30 bits per heavy atom. The fourth-order valence-electron chi connectivity index (χ4n) is 10.7. The van der Waals surface area contributed by atoms with Gasteiger partial charge in [-0.25, -0.2) is 0 Å². The molecule has 0 aromatic rings. The van der Waals surface area contributed by atoms with E-state index in [1.165, 1.54) is 18.4 Å². The van der Waals surface area contributed by atoms with Crippen molar-refractivity contribution in [2.75, 3.05) is 0 Å². The molecule has 33 heavy (non-hydrogen) atoms. The summed E-state index contributed by atoms with van der Waals surface area (Å²) in [6.07, 6.45) is 12.2. The number of aliphatic carboxylic acids is 1. The van der Waals surface area contributed by atoms with Crippen LogP contribution >= 0.6 is 0 Å². The van der Waals surface area contributed by atoms with Crippen molar-refractivity contribution < 1.29 is 14.7 Å². The molecular weight excluding hydrogens is 408 g/mol. The van der Waals surface area contributed by atoms with Gasteiger partial charge in [-0.3, -0.25) is 9.59 Å². The van der Waals surface area contributed by atoms with Gasteiger partial charge in [-0.05, 0) is 96.7 Å². The summed E-state index contributed by atoms with van der Waals surface area (Å²) in [5.74, 6) is 1.06. The zero-order chi connectivity index (χ0) is 24.2. The number of carbonyl (C=O) groups is 2. The Balaban J connectivity index is 1.62. The summed E-state index contributed by atoms with van der Waals surface area (Å²) in [6, 6.07) is 0. The summed E-state index contributed by atoms with van der Waals surface area (Å²) < 4.78 is 0. The standard InChI is InChI=1S/C30H46O3/c1-18-10-13-27(4)16-17-29(6)19(24(27)23(18)25(32)33)8-9-21-28(5)14-12-22(31)26(2,3)20(28)11-15-30(21,29)7/h8,18,20-21,23-24H,9-17H2,1-7H3,(H,32,33). The van der Waals surface area contributed by atoms with E-state index < -0.39 is 5.97 Å². The predicted molar refractivity (Wildman–Crippen MR) is 132 cm³/mol. The molecule has 0 amide bonds. The van der Waals surface area contributed by atoms with Crippen LogP contribution in [-0.2, 0) is 9.59 Å². The lowest BCUT2D eigenvalue weighted by Gasteiger charge is -2.70. The van der Waals surface area contributed by atoms with Crippen LogP contribution in [0.15, 0.2) is 11.6 Å². The Labute approximate surface area is 201 Å². The number of Topliss-reactive ketones (excluding diaryl/α,β-unsaturated/α-hetero) is 1. The number of carboxylic acid groups (broad SMARTS) is 1. The highest BCUT2D eigenvalue weighted by Crippen LogP contribution is 2.75. The first-order valence-electron chi connectivity index (χ1n) is 13.7. The minimum Gasteiger partial charge on any atom is -0.481 e. The van der Waals surface area contributed by atoms with E-state index in [-0.39, 0.29) is 44.8 Å². The number of carboxylic acids is 1. The predicted octanol–water partition coefficient (Wildman–Crippen LogP) is 7.30. The van der Waals surface area contributed by atoms with Crippen molar-refractivity contribution in [2.45, 2.75) is 106 Å². The molecule has 1 N–H and O–H groups in total. The van der Waals surface area contributed by atoms with Gasteiger partial charge < -0.3 is 5.11 Å². The van der Waals surface area contributed by atoms with Gasteiger partial charge in [0, 0.05) is 11.8 Å². The van der Waals surface area contributed by atoms with E-state index in [2.05, 4.69) is 54.5 Å². The smallest absolute Gasteiger partial charge is 0.307 e. The van der Waals surface area contributed by atoms with Crippen LogP contribution in [0.4, 0.5) is 0 Å². The minimum atomic E-state index is -0.584. The summed E-state index contributed by atoms with van der Waals surface area (Å²) in [5.41, 5.74) is 1.81. The van der Waals surface area contributed by atoms with Crippen molar-refractivity contribution in [1.82, 2.24) is 0 Å². The lowest BCUT2D eigenvalue weighted by molar-refractivity contribution is -0.187. The molecule has 0 aromatic heterocycles. The summed E-state index contributed by atoms with van der Waals surface area (Å²) in [7, 11) is 0. The number of ketones is 1. The number of rotatable bonds is 1. The maximum absolute atomic E-state index is 12.9. The van der Waals surface area contributed by atoms with Crippen molar-refractivity contribution >= 4 is 11.8 Å². The van der Waals surface area contributed by atoms with Crippen LogP contribution in [0.1, 0.15) is 106 Å². The van der Waals surface area contributed by atoms with Crippen molar-refractivity contribution in [3.05, 3.63) is 11.6 Å². The van der Waals surface area contributed by atoms with Gasteiger partial charge in [-0.1, -0.05) is 60.1 Å².